The van der Waals surface area contributed by atoms with E-state index in [0.717, 1.165) is 49.9 Å². The summed E-state index contributed by atoms with van der Waals surface area (Å²) >= 11 is 0. The van der Waals surface area contributed by atoms with E-state index < -0.39 is 0 Å². The summed E-state index contributed by atoms with van der Waals surface area (Å²) < 4.78 is 5.51. The van der Waals surface area contributed by atoms with Crippen LogP contribution in [-0.2, 0) is 6.54 Å². The van der Waals surface area contributed by atoms with Crippen LogP contribution in [0.4, 0.5) is 0 Å². The molecule has 1 aliphatic carbocycles. The van der Waals surface area contributed by atoms with Crippen molar-refractivity contribution in [2.24, 2.45) is 10.4 Å². The fraction of sp³-hybridized carbons (Fsp3) is 0.789. The van der Waals surface area contributed by atoms with Crippen LogP contribution in [0.3, 0.4) is 0 Å². The van der Waals surface area contributed by atoms with Crippen molar-refractivity contribution in [2.45, 2.75) is 71.8 Å². The van der Waals surface area contributed by atoms with Gasteiger partial charge in [0.1, 0.15) is 6.54 Å². The molecule has 0 aromatic carbocycles. The Balaban J connectivity index is 1.64. The van der Waals surface area contributed by atoms with E-state index in [1.54, 1.807) is 0 Å². The summed E-state index contributed by atoms with van der Waals surface area (Å²) in [6, 6.07) is 2.09. The molecular formula is C19H32N4O. The molecule has 0 unspecified atom stereocenters. The number of nitrogens with one attached hydrogen (secondary N) is 1. The summed E-state index contributed by atoms with van der Waals surface area (Å²) in [4.78, 5) is 7.24. The lowest BCUT2D eigenvalue weighted by Gasteiger charge is -2.38. The zero-order chi connectivity index (χ0) is 17.0. The maximum atomic E-state index is 5.51. The smallest absolute Gasteiger partial charge is 0.194 e. The van der Waals surface area contributed by atoms with Gasteiger partial charge in [-0.15, -0.1) is 0 Å². The lowest BCUT2D eigenvalue weighted by Crippen LogP contribution is -2.42. The molecule has 1 spiro atoms. The summed E-state index contributed by atoms with van der Waals surface area (Å²) in [6.45, 7) is 10.3. The highest BCUT2D eigenvalue weighted by molar-refractivity contribution is 5.80. The third-order valence-electron chi connectivity index (χ3n) is 5.85. The number of hydrogen-bond acceptors (Lipinski definition) is 3. The second kappa shape index (κ2) is 7.58. The molecule has 0 radical (unpaired) electrons. The van der Waals surface area contributed by atoms with Crippen molar-refractivity contribution in [2.75, 3.05) is 19.6 Å². The number of aliphatic imine (C=N–C) groups is 1. The van der Waals surface area contributed by atoms with Gasteiger partial charge in [-0.1, -0.05) is 25.4 Å². The maximum Gasteiger partial charge on any atom is 0.194 e. The second-order valence-corrected chi connectivity index (χ2v) is 7.43. The largest absolute Gasteiger partial charge is 0.359 e. The molecule has 5 heteroatoms. The minimum Gasteiger partial charge on any atom is -0.359 e. The van der Waals surface area contributed by atoms with Crippen molar-refractivity contribution in [3.63, 3.8) is 0 Å². The Bertz CT molecular complexity index is 557. The summed E-state index contributed by atoms with van der Waals surface area (Å²) in [7, 11) is 0. The highest BCUT2D eigenvalue weighted by Gasteiger charge is 2.43. The van der Waals surface area contributed by atoms with E-state index in [1.807, 2.05) is 0 Å². The highest BCUT2D eigenvalue weighted by Crippen LogP contribution is 2.47. The van der Waals surface area contributed by atoms with Gasteiger partial charge < -0.3 is 14.7 Å². The van der Waals surface area contributed by atoms with E-state index in [1.165, 1.54) is 25.7 Å². The molecule has 0 amide bonds. The quantitative estimate of drug-likeness (QED) is 0.634. The molecule has 134 valence electrons. The Kier molecular flexibility index (Phi) is 5.47. The van der Waals surface area contributed by atoms with Crippen LogP contribution in [0, 0.1) is 5.41 Å². The number of likely N-dealkylation sites (tertiary alicyclic amines) is 1. The van der Waals surface area contributed by atoms with Crippen molar-refractivity contribution >= 4 is 5.96 Å². The normalized spacial score (nSPS) is 20.0. The molecule has 2 aliphatic rings. The first-order valence-corrected chi connectivity index (χ1v) is 9.68. The predicted octanol–water partition coefficient (Wildman–Crippen LogP) is 3.92. The van der Waals surface area contributed by atoms with Crippen molar-refractivity contribution in [1.82, 2.24) is 15.4 Å². The topological polar surface area (TPSA) is 53.7 Å². The van der Waals surface area contributed by atoms with Gasteiger partial charge in [-0.25, -0.2) is 4.99 Å². The van der Waals surface area contributed by atoms with Crippen LogP contribution in [0.15, 0.2) is 15.6 Å². The van der Waals surface area contributed by atoms with E-state index in [-0.39, 0.29) is 0 Å². The third-order valence-corrected chi connectivity index (χ3v) is 5.85. The zero-order valence-corrected chi connectivity index (χ0v) is 15.5. The van der Waals surface area contributed by atoms with Crippen LogP contribution in [0.5, 0.6) is 0 Å². The molecule has 1 aromatic rings. The van der Waals surface area contributed by atoms with Gasteiger partial charge in [0.15, 0.2) is 11.7 Å². The second-order valence-electron chi connectivity index (χ2n) is 7.43. The van der Waals surface area contributed by atoms with Gasteiger partial charge in [0.2, 0.25) is 0 Å². The van der Waals surface area contributed by atoms with E-state index in [4.69, 9.17) is 9.52 Å². The van der Waals surface area contributed by atoms with Gasteiger partial charge in [0.25, 0.3) is 0 Å². The van der Waals surface area contributed by atoms with Crippen molar-refractivity contribution < 1.29 is 4.52 Å². The molecule has 1 N–H and O–H groups in total. The highest BCUT2D eigenvalue weighted by atomic mass is 16.5. The first-order chi connectivity index (χ1) is 11.7. The maximum absolute atomic E-state index is 5.51. The molecule has 1 aromatic heterocycles. The Morgan fingerprint density at radius 2 is 2.12 bits per heavy atom. The number of hydrogen-bond donors (Lipinski definition) is 1. The monoisotopic (exact) mass is 332 g/mol. The van der Waals surface area contributed by atoms with E-state index in [0.29, 0.717) is 17.9 Å². The zero-order valence-electron chi connectivity index (χ0n) is 15.5. The van der Waals surface area contributed by atoms with Gasteiger partial charge >= 0.3 is 0 Å². The van der Waals surface area contributed by atoms with E-state index in [9.17, 15) is 0 Å². The fourth-order valence-electron chi connectivity index (χ4n) is 4.08. The van der Waals surface area contributed by atoms with Crippen molar-refractivity contribution in [3.8, 4) is 0 Å². The van der Waals surface area contributed by atoms with Gasteiger partial charge in [0, 0.05) is 31.6 Å². The average molecular weight is 332 g/mol. The van der Waals surface area contributed by atoms with Crippen LogP contribution >= 0.6 is 0 Å². The SMILES string of the molecule is CCNC(=NCc1cc(C(CC)CC)no1)N1CCC2(CCC2)C1. The summed E-state index contributed by atoms with van der Waals surface area (Å²) in [5.74, 6) is 2.39. The van der Waals surface area contributed by atoms with E-state index in [2.05, 4.69) is 42.2 Å². The number of nitrogens with zero attached hydrogens (tertiary/aromatic N) is 3. The van der Waals surface area contributed by atoms with Gasteiger partial charge in [-0.05, 0) is 44.4 Å². The molecular weight excluding hydrogens is 300 g/mol. The molecule has 3 rings (SSSR count). The Morgan fingerprint density at radius 3 is 2.71 bits per heavy atom. The van der Waals surface area contributed by atoms with Crippen LogP contribution in [0.2, 0.25) is 0 Å². The average Bonchev–Trinajstić information content (AvgIpc) is 3.20. The minimum absolute atomic E-state index is 0.497. The molecule has 2 heterocycles. The Hall–Kier alpha value is -1.52. The molecule has 1 saturated carbocycles. The predicted molar refractivity (Wildman–Crippen MR) is 97.1 cm³/mol. The number of guanidine groups is 1. The van der Waals surface area contributed by atoms with Gasteiger partial charge in [-0.2, -0.15) is 0 Å². The minimum atomic E-state index is 0.497. The van der Waals surface area contributed by atoms with Crippen LogP contribution in [-0.4, -0.2) is 35.7 Å². The molecule has 24 heavy (non-hydrogen) atoms. The molecule has 0 bridgehead atoms. The van der Waals surface area contributed by atoms with Gasteiger partial charge in [0.05, 0.1) is 5.69 Å². The lowest BCUT2D eigenvalue weighted by atomic mass is 9.68. The Labute approximate surface area is 145 Å². The molecule has 1 saturated heterocycles. The van der Waals surface area contributed by atoms with Crippen LogP contribution in [0.25, 0.3) is 0 Å². The molecule has 5 nitrogen and oxygen atoms in total. The molecule has 2 fully saturated rings. The number of aromatic nitrogens is 1. The first kappa shape index (κ1) is 17.3. The number of rotatable bonds is 6. The fourth-order valence-corrected chi connectivity index (χ4v) is 4.08. The van der Waals surface area contributed by atoms with Crippen LogP contribution < -0.4 is 5.32 Å². The van der Waals surface area contributed by atoms with Crippen molar-refractivity contribution in [3.05, 3.63) is 17.5 Å². The van der Waals surface area contributed by atoms with Crippen molar-refractivity contribution in [1.29, 1.82) is 0 Å². The third kappa shape index (κ3) is 3.60. The van der Waals surface area contributed by atoms with E-state index >= 15 is 0 Å². The van der Waals surface area contributed by atoms with Crippen LogP contribution in [0.1, 0.15) is 76.7 Å². The Morgan fingerprint density at radius 1 is 1.33 bits per heavy atom. The van der Waals surface area contributed by atoms with Gasteiger partial charge in [-0.3, -0.25) is 0 Å². The summed E-state index contributed by atoms with van der Waals surface area (Å²) in [5.41, 5.74) is 1.66. The summed E-state index contributed by atoms with van der Waals surface area (Å²) in [6.07, 6.45) is 7.71. The molecule has 1 aliphatic heterocycles. The summed E-state index contributed by atoms with van der Waals surface area (Å²) in [5, 5.41) is 7.69. The molecule has 0 atom stereocenters. The first-order valence-electron chi connectivity index (χ1n) is 9.68. The lowest BCUT2D eigenvalue weighted by molar-refractivity contribution is 0.151. The standard InChI is InChI=1S/C19H32N4O/c1-4-15(5-2)17-12-16(24-22-17)13-21-18(20-6-3)23-11-10-19(14-23)8-7-9-19/h12,15H,4-11,13-14H2,1-3H3,(H,20,21).